The maximum Gasteiger partial charge on any atom is 0.347 e. The summed E-state index contributed by atoms with van der Waals surface area (Å²) in [7, 11) is 0. The molecule has 7 nitrogen and oxygen atoms in total. The molecule has 0 aromatic carbocycles. The molecule has 4 heterocycles. The van der Waals surface area contributed by atoms with Gasteiger partial charge in [0.05, 0.1) is 30.4 Å². The standard InChI is InChI=1S/C17H17ClF3N5O2/c18-9-4-10(19)13(22-5-9)8-25-17(28)26-14(2-1-3-15(26)23-25)16(27)24-6-11(20)12(21)7-24/h4-5,11-12,14H,1-3,6-8H2. The van der Waals surface area contributed by atoms with Gasteiger partial charge in [0.15, 0.2) is 12.3 Å². The van der Waals surface area contributed by atoms with E-state index in [-0.39, 0.29) is 30.4 Å². The Labute approximate surface area is 162 Å². The van der Waals surface area contributed by atoms with Gasteiger partial charge in [-0.2, -0.15) is 5.10 Å². The van der Waals surface area contributed by atoms with Gasteiger partial charge >= 0.3 is 5.69 Å². The summed E-state index contributed by atoms with van der Waals surface area (Å²) in [4.78, 5) is 30.6. The third kappa shape index (κ3) is 3.30. The summed E-state index contributed by atoms with van der Waals surface area (Å²) in [5.41, 5.74) is -0.595. The molecule has 11 heteroatoms. The lowest BCUT2D eigenvalue weighted by atomic mass is 10.0. The van der Waals surface area contributed by atoms with Crippen LogP contribution in [0.4, 0.5) is 13.2 Å². The number of aromatic nitrogens is 4. The van der Waals surface area contributed by atoms with Gasteiger partial charge in [-0.3, -0.25) is 14.3 Å². The molecule has 3 atom stereocenters. The van der Waals surface area contributed by atoms with Gasteiger partial charge in [0.2, 0.25) is 5.91 Å². The first-order valence-electron chi connectivity index (χ1n) is 8.90. The average molecular weight is 416 g/mol. The minimum atomic E-state index is -1.72. The molecule has 1 amide bonds. The zero-order valence-corrected chi connectivity index (χ0v) is 15.4. The van der Waals surface area contributed by atoms with Crippen LogP contribution in [0.2, 0.25) is 5.02 Å². The van der Waals surface area contributed by atoms with Crippen molar-refractivity contribution in [2.75, 3.05) is 13.1 Å². The van der Waals surface area contributed by atoms with Crippen molar-refractivity contribution < 1.29 is 18.0 Å². The molecule has 0 N–H and O–H groups in total. The molecule has 2 aromatic heterocycles. The third-order valence-electron chi connectivity index (χ3n) is 5.09. The highest BCUT2D eigenvalue weighted by molar-refractivity contribution is 6.30. The highest BCUT2D eigenvalue weighted by Gasteiger charge is 2.40. The molecule has 1 fully saturated rings. The van der Waals surface area contributed by atoms with E-state index in [1.807, 2.05) is 0 Å². The van der Waals surface area contributed by atoms with Crippen molar-refractivity contribution in [2.45, 2.75) is 44.2 Å². The van der Waals surface area contributed by atoms with E-state index in [1.54, 1.807) is 0 Å². The van der Waals surface area contributed by atoms with E-state index in [0.29, 0.717) is 25.1 Å². The number of hydrogen-bond donors (Lipinski definition) is 0. The number of carbonyl (C=O) groups excluding carboxylic acids is 1. The Balaban J connectivity index is 1.63. The lowest BCUT2D eigenvalue weighted by Gasteiger charge is -2.26. The van der Waals surface area contributed by atoms with Crippen LogP contribution in [0.1, 0.15) is 30.4 Å². The molecule has 2 aliphatic rings. The normalized spacial score (nSPS) is 24.4. The highest BCUT2D eigenvalue weighted by atomic mass is 35.5. The molecule has 3 unspecified atom stereocenters. The van der Waals surface area contributed by atoms with E-state index in [0.717, 1.165) is 15.6 Å². The van der Waals surface area contributed by atoms with E-state index < -0.39 is 35.8 Å². The molecule has 0 spiro atoms. The van der Waals surface area contributed by atoms with Gasteiger partial charge in [-0.1, -0.05) is 11.6 Å². The van der Waals surface area contributed by atoms with Crippen molar-refractivity contribution in [3.63, 3.8) is 0 Å². The fourth-order valence-electron chi connectivity index (χ4n) is 3.68. The Hall–Kier alpha value is -2.36. The Bertz CT molecular complexity index is 968. The lowest BCUT2D eigenvalue weighted by molar-refractivity contribution is -0.134. The number of nitrogens with zero attached hydrogens (tertiary/aromatic N) is 5. The van der Waals surface area contributed by atoms with Crippen LogP contribution in [-0.4, -0.2) is 55.6 Å². The number of alkyl halides is 2. The van der Waals surface area contributed by atoms with Gasteiger partial charge in [-0.05, 0) is 18.9 Å². The molecule has 150 valence electrons. The largest absolute Gasteiger partial charge is 0.347 e. The fraction of sp³-hybridized carbons (Fsp3) is 0.529. The quantitative estimate of drug-likeness (QED) is 0.764. The fourth-order valence-corrected chi connectivity index (χ4v) is 3.83. The molecule has 0 aliphatic carbocycles. The molecular weight excluding hydrogens is 399 g/mol. The van der Waals surface area contributed by atoms with Crippen LogP contribution < -0.4 is 5.69 Å². The number of hydrogen-bond acceptors (Lipinski definition) is 4. The minimum absolute atomic E-state index is 0.00934. The maximum atomic E-state index is 14.0. The number of aryl methyl sites for hydroxylation is 1. The molecule has 2 aromatic rings. The molecule has 0 bridgehead atoms. The maximum absolute atomic E-state index is 14.0. The van der Waals surface area contributed by atoms with Crippen LogP contribution in [0.25, 0.3) is 0 Å². The van der Waals surface area contributed by atoms with E-state index >= 15 is 0 Å². The lowest BCUT2D eigenvalue weighted by Crippen LogP contribution is -2.42. The number of likely N-dealkylation sites (tertiary alicyclic amines) is 1. The first-order chi connectivity index (χ1) is 13.3. The molecule has 28 heavy (non-hydrogen) atoms. The predicted molar refractivity (Wildman–Crippen MR) is 93.1 cm³/mol. The second-order valence-corrected chi connectivity index (χ2v) is 7.43. The van der Waals surface area contributed by atoms with Crippen LogP contribution >= 0.6 is 11.6 Å². The van der Waals surface area contributed by atoms with Crippen LogP contribution in [0, 0.1) is 5.82 Å². The Morgan fingerprint density at radius 2 is 2.00 bits per heavy atom. The summed E-state index contributed by atoms with van der Waals surface area (Å²) in [6.45, 7) is -0.866. The van der Waals surface area contributed by atoms with Crippen LogP contribution in [-0.2, 0) is 17.8 Å². The molecule has 4 rings (SSSR count). The molecule has 2 aliphatic heterocycles. The SMILES string of the molecule is O=C(C1CCCc2nn(Cc3ncc(Cl)cc3F)c(=O)n21)N1CC(F)C(F)C1. The minimum Gasteiger partial charge on any atom is -0.335 e. The van der Waals surface area contributed by atoms with E-state index in [2.05, 4.69) is 10.1 Å². The second kappa shape index (κ2) is 7.23. The summed E-state index contributed by atoms with van der Waals surface area (Å²) in [5.74, 6) is -0.781. The first-order valence-corrected chi connectivity index (χ1v) is 9.28. The monoisotopic (exact) mass is 415 g/mol. The Kier molecular flexibility index (Phi) is 4.90. The first kappa shape index (κ1) is 19.0. The summed E-state index contributed by atoms with van der Waals surface area (Å²) in [6, 6.07) is 0.219. The number of pyridine rings is 1. The summed E-state index contributed by atoms with van der Waals surface area (Å²) in [6.07, 6.45) is -0.723. The second-order valence-electron chi connectivity index (χ2n) is 6.99. The topological polar surface area (TPSA) is 73.0 Å². The smallest absolute Gasteiger partial charge is 0.335 e. The molecular formula is C17H17ClF3N5O2. The number of amides is 1. The number of rotatable bonds is 3. The van der Waals surface area contributed by atoms with Crippen molar-refractivity contribution in [3.8, 4) is 0 Å². The van der Waals surface area contributed by atoms with E-state index in [1.165, 1.54) is 10.8 Å². The summed E-state index contributed by atoms with van der Waals surface area (Å²) in [5, 5.41) is 4.34. The van der Waals surface area contributed by atoms with E-state index in [4.69, 9.17) is 11.6 Å². The van der Waals surface area contributed by atoms with Gasteiger partial charge in [0, 0.05) is 12.6 Å². The van der Waals surface area contributed by atoms with E-state index in [9.17, 15) is 22.8 Å². The average Bonchev–Trinajstić information content (AvgIpc) is 3.16. The van der Waals surface area contributed by atoms with Crippen molar-refractivity contribution in [1.29, 1.82) is 0 Å². The zero-order chi connectivity index (χ0) is 20.0. The van der Waals surface area contributed by atoms with Gasteiger partial charge in [-0.15, -0.1) is 0 Å². The summed E-state index contributed by atoms with van der Waals surface area (Å²) >= 11 is 5.68. The van der Waals surface area contributed by atoms with Crippen LogP contribution in [0.3, 0.4) is 0 Å². The zero-order valence-electron chi connectivity index (χ0n) is 14.7. The van der Waals surface area contributed by atoms with Crippen LogP contribution in [0.5, 0.6) is 0 Å². The highest BCUT2D eigenvalue weighted by Crippen LogP contribution is 2.27. The molecule has 1 saturated heterocycles. The van der Waals surface area contributed by atoms with Gasteiger partial charge < -0.3 is 4.90 Å². The Morgan fingerprint density at radius 1 is 1.29 bits per heavy atom. The number of fused-ring (bicyclic) bond motifs is 1. The number of halogens is 4. The predicted octanol–water partition coefficient (Wildman–Crippen LogP) is 1.68. The van der Waals surface area contributed by atoms with Gasteiger partial charge in [0.1, 0.15) is 17.7 Å². The van der Waals surface area contributed by atoms with Crippen molar-refractivity contribution >= 4 is 17.5 Å². The van der Waals surface area contributed by atoms with Gasteiger partial charge in [0.25, 0.3) is 0 Å². The van der Waals surface area contributed by atoms with Crippen molar-refractivity contribution in [3.05, 3.63) is 45.1 Å². The molecule has 0 radical (unpaired) electrons. The van der Waals surface area contributed by atoms with Crippen molar-refractivity contribution in [2.24, 2.45) is 0 Å². The Morgan fingerprint density at radius 3 is 2.68 bits per heavy atom. The van der Waals surface area contributed by atoms with Gasteiger partial charge in [-0.25, -0.2) is 22.6 Å². The van der Waals surface area contributed by atoms with Crippen molar-refractivity contribution in [1.82, 2.24) is 24.2 Å². The molecule has 0 saturated carbocycles. The van der Waals surface area contributed by atoms with Crippen LogP contribution in [0.15, 0.2) is 17.1 Å². The number of carbonyl (C=O) groups is 1. The summed E-state index contributed by atoms with van der Waals surface area (Å²) < 4.78 is 43.2. The third-order valence-corrected chi connectivity index (χ3v) is 5.30.